The number of nitrogens with zero attached hydrogens (tertiary/aromatic N) is 2. The first-order chi connectivity index (χ1) is 14.4. The molecule has 0 spiro atoms. The molecule has 1 amide bonds. The number of hydrogen-bond donors (Lipinski definition) is 1. The van der Waals surface area contributed by atoms with Crippen LogP contribution in [0.1, 0.15) is 39.4 Å². The van der Waals surface area contributed by atoms with Crippen molar-refractivity contribution >= 4 is 39.0 Å². The highest BCUT2D eigenvalue weighted by Crippen LogP contribution is 2.28. The third-order valence-corrected chi connectivity index (χ3v) is 4.94. The van der Waals surface area contributed by atoms with Gasteiger partial charge in [0.2, 0.25) is 0 Å². The number of carbonyl (C=O) groups excluding carboxylic acids is 2. The molecule has 0 aliphatic rings. The Kier molecular flexibility index (Phi) is 8.06. The predicted octanol–water partition coefficient (Wildman–Crippen LogP) is 6.03. The van der Waals surface area contributed by atoms with Gasteiger partial charge in [-0.25, -0.2) is 4.85 Å². The molecule has 0 aliphatic heterocycles. The van der Waals surface area contributed by atoms with Gasteiger partial charge in [-0.2, -0.15) is 0 Å². The van der Waals surface area contributed by atoms with Crippen LogP contribution in [0.5, 0.6) is 5.75 Å². The van der Waals surface area contributed by atoms with Crippen LogP contribution in [0.4, 0.5) is 11.4 Å². The molecule has 1 heterocycles. The first kappa shape index (κ1) is 23.8. The van der Waals surface area contributed by atoms with E-state index < -0.39 is 0 Å². The van der Waals surface area contributed by atoms with Crippen molar-refractivity contribution in [1.82, 2.24) is 4.98 Å². The Hall–Kier alpha value is -3.50. The fourth-order valence-electron chi connectivity index (χ4n) is 2.89. The minimum atomic E-state index is -0.369. The highest BCUT2D eigenvalue weighted by Gasteiger charge is 2.18. The number of hydrogen-bond acceptors (Lipinski definition) is 4. The van der Waals surface area contributed by atoms with E-state index in [9.17, 15) is 9.59 Å². The summed E-state index contributed by atoms with van der Waals surface area (Å²) in [6, 6.07) is 13.2. The second kappa shape index (κ2) is 10.5. The molecule has 1 aromatic heterocycles. The van der Waals surface area contributed by atoms with Crippen LogP contribution in [-0.2, 0) is 6.42 Å². The number of benzene rings is 2. The summed E-state index contributed by atoms with van der Waals surface area (Å²) in [6.07, 6.45) is 1.72. The van der Waals surface area contributed by atoms with Crippen LogP contribution in [0.3, 0.4) is 0 Å². The Morgan fingerprint density at radius 1 is 1.16 bits per heavy atom. The van der Waals surface area contributed by atoms with Crippen molar-refractivity contribution < 1.29 is 14.3 Å². The molecular formula is C24H22BrN3O3. The molecule has 6 nitrogen and oxygen atoms in total. The molecule has 2 aromatic carbocycles. The average molecular weight is 480 g/mol. The molecule has 0 atom stereocenters. The summed E-state index contributed by atoms with van der Waals surface area (Å²) in [5.74, 6) is -0.00443. The normalized spacial score (nSPS) is 9.87. The van der Waals surface area contributed by atoms with Gasteiger partial charge in [-0.3, -0.25) is 14.6 Å². The maximum Gasteiger partial charge on any atom is 0.255 e. The molecule has 0 saturated carbocycles. The largest absolute Gasteiger partial charge is 0.496 e. The van der Waals surface area contributed by atoms with E-state index in [1.807, 2.05) is 13.0 Å². The number of aromatic nitrogens is 1. The fourth-order valence-corrected chi connectivity index (χ4v) is 3.13. The van der Waals surface area contributed by atoms with Crippen LogP contribution in [0.2, 0.25) is 0 Å². The molecule has 158 valence electrons. The average Bonchev–Trinajstić information content (AvgIpc) is 2.75. The van der Waals surface area contributed by atoms with E-state index in [1.54, 1.807) is 48.7 Å². The summed E-state index contributed by atoms with van der Waals surface area (Å²) in [7, 11) is 1.53. The highest BCUT2D eigenvalue weighted by molar-refractivity contribution is 9.10. The number of nitrogens with one attached hydrogen (secondary N) is 1. The van der Waals surface area contributed by atoms with E-state index in [4.69, 9.17) is 11.3 Å². The summed E-state index contributed by atoms with van der Waals surface area (Å²) in [4.78, 5) is 33.3. The zero-order chi connectivity index (χ0) is 21.7. The Morgan fingerprint density at radius 2 is 1.87 bits per heavy atom. The van der Waals surface area contributed by atoms with Crippen LogP contribution in [0, 0.1) is 13.5 Å². The number of Topliss-reactive ketones (excluding diaryl/α,β-unsaturated/α-hetero) is 1. The van der Waals surface area contributed by atoms with Crippen molar-refractivity contribution in [2.24, 2.45) is 0 Å². The Bertz CT molecular complexity index is 1130. The van der Waals surface area contributed by atoms with Crippen molar-refractivity contribution in [2.45, 2.75) is 20.8 Å². The van der Waals surface area contributed by atoms with Crippen molar-refractivity contribution in [1.29, 1.82) is 0 Å². The summed E-state index contributed by atoms with van der Waals surface area (Å²) in [6.45, 7) is 8.85. The Labute approximate surface area is 190 Å². The van der Waals surface area contributed by atoms with Crippen molar-refractivity contribution in [3.05, 3.63) is 93.0 Å². The number of anilines is 1. The molecular weight excluding hydrogens is 458 g/mol. The number of aryl methyl sites for hydroxylation is 1. The third kappa shape index (κ3) is 5.77. The summed E-state index contributed by atoms with van der Waals surface area (Å²) >= 11 is 3.33. The van der Waals surface area contributed by atoms with Gasteiger partial charge in [0.05, 0.1) is 25.8 Å². The van der Waals surface area contributed by atoms with Crippen LogP contribution in [-0.4, -0.2) is 23.8 Å². The first-order valence-electron chi connectivity index (χ1n) is 9.02. The minimum absolute atomic E-state index is 0. The van der Waals surface area contributed by atoms with E-state index in [0.717, 1.165) is 10.0 Å². The predicted molar refractivity (Wildman–Crippen MR) is 125 cm³/mol. The molecule has 7 heteroatoms. The lowest BCUT2D eigenvalue weighted by atomic mass is 10.0. The van der Waals surface area contributed by atoms with E-state index in [2.05, 4.69) is 31.1 Å². The van der Waals surface area contributed by atoms with Gasteiger partial charge in [-0.05, 0) is 52.7 Å². The van der Waals surface area contributed by atoms with Crippen molar-refractivity contribution in [2.75, 3.05) is 12.4 Å². The molecule has 0 unspecified atom stereocenters. The molecule has 3 aromatic rings. The molecule has 0 aliphatic carbocycles. The highest BCUT2D eigenvalue weighted by atomic mass is 79.9. The lowest BCUT2D eigenvalue weighted by Crippen LogP contribution is -2.16. The smallest absolute Gasteiger partial charge is 0.255 e. The fraction of sp³-hybridized carbons (Fsp3) is 0.167. The molecule has 3 rings (SSSR count). The SMILES string of the molecule is C.[C-]#[N+]c1ccc(C(=O)Nc2cc(C)c(OC)cc2C(=O)Cc2ccc(Br)cn2)cc1. The molecule has 0 radical (unpaired) electrons. The maximum absolute atomic E-state index is 13.0. The minimum Gasteiger partial charge on any atom is -0.496 e. The van der Waals surface area contributed by atoms with E-state index in [0.29, 0.717) is 33.9 Å². The zero-order valence-corrected chi connectivity index (χ0v) is 18.0. The van der Waals surface area contributed by atoms with Gasteiger partial charge in [0.15, 0.2) is 11.5 Å². The number of carbonyl (C=O) groups is 2. The lowest BCUT2D eigenvalue weighted by Gasteiger charge is -2.14. The first-order valence-corrected chi connectivity index (χ1v) is 9.81. The van der Waals surface area contributed by atoms with Gasteiger partial charge in [-0.15, -0.1) is 0 Å². The van der Waals surface area contributed by atoms with Gasteiger partial charge in [0, 0.05) is 27.5 Å². The topological polar surface area (TPSA) is 72.7 Å². The van der Waals surface area contributed by atoms with Crippen LogP contribution >= 0.6 is 15.9 Å². The van der Waals surface area contributed by atoms with E-state index in [-0.39, 0.29) is 25.5 Å². The number of ether oxygens (including phenoxy) is 1. The molecule has 1 N–H and O–H groups in total. The van der Waals surface area contributed by atoms with Crippen LogP contribution in [0.25, 0.3) is 4.85 Å². The van der Waals surface area contributed by atoms with Gasteiger partial charge >= 0.3 is 0 Å². The molecule has 0 fully saturated rings. The number of rotatable bonds is 6. The van der Waals surface area contributed by atoms with Gasteiger partial charge < -0.3 is 10.1 Å². The number of amides is 1. The molecule has 0 saturated heterocycles. The second-order valence-corrected chi connectivity index (χ2v) is 7.46. The van der Waals surface area contributed by atoms with Crippen LogP contribution in [0.15, 0.2) is 59.2 Å². The quantitative estimate of drug-likeness (QED) is 0.346. The van der Waals surface area contributed by atoms with Crippen molar-refractivity contribution in [3.8, 4) is 5.75 Å². The molecule has 0 bridgehead atoms. The lowest BCUT2D eigenvalue weighted by molar-refractivity contribution is 0.0992. The van der Waals surface area contributed by atoms with E-state index in [1.165, 1.54) is 7.11 Å². The monoisotopic (exact) mass is 479 g/mol. The van der Waals surface area contributed by atoms with Crippen LogP contribution < -0.4 is 10.1 Å². The zero-order valence-electron chi connectivity index (χ0n) is 16.4. The molecule has 31 heavy (non-hydrogen) atoms. The van der Waals surface area contributed by atoms with Crippen molar-refractivity contribution in [3.63, 3.8) is 0 Å². The van der Waals surface area contributed by atoms with E-state index >= 15 is 0 Å². The number of methoxy groups -OCH3 is 1. The summed E-state index contributed by atoms with van der Waals surface area (Å²) in [5.41, 5.74) is 2.99. The summed E-state index contributed by atoms with van der Waals surface area (Å²) < 4.78 is 6.18. The Morgan fingerprint density at radius 3 is 2.45 bits per heavy atom. The van der Waals surface area contributed by atoms with Gasteiger partial charge in [0.1, 0.15) is 5.75 Å². The third-order valence-electron chi connectivity index (χ3n) is 4.47. The maximum atomic E-state index is 13.0. The number of ketones is 1. The standard InChI is InChI=1S/C23H18BrN3O3.CH4/c1-14-10-20(27-23(29)15-4-7-17(25-2)8-5-15)19(12-22(14)30-3)21(28)11-18-9-6-16(24)13-26-18;/h4-10,12-13H,11H2,1,3H3,(H,27,29);1H4. The van der Waals surface area contributed by atoms with Gasteiger partial charge in [-0.1, -0.05) is 31.7 Å². The second-order valence-electron chi connectivity index (χ2n) is 6.55. The Balaban J connectivity index is 0.00000341. The van der Waals surface area contributed by atoms with Gasteiger partial charge in [0.25, 0.3) is 5.91 Å². The number of pyridine rings is 1. The summed E-state index contributed by atoms with van der Waals surface area (Å²) in [5, 5.41) is 2.81. The number of halogens is 1.